The Labute approximate surface area is 83.0 Å². The zero-order chi connectivity index (χ0) is 10.2. The third-order valence-electron chi connectivity index (χ3n) is 2.62. The molecule has 2 rings (SSSR count). The van der Waals surface area contributed by atoms with Crippen LogP contribution in [0.4, 0.5) is 5.82 Å². The standard InChI is InChI=1S/C10H12N4/c1-10(2)4-8(10)13-9-3-7(5-11)6-12-14-9/h3,6,8H,4H2,1-2H3,(H,13,14). The molecule has 1 heterocycles. The molecule has 0 aromatic carbocycles. The van der Waals surface area contributed by atoms with Crippen LogP contribution in [0.2, 0.25) is 0 Å². The molecule has 0 saturated heterocycles. The van der Waals surface area contributed by atoms with Crippen molar-refractivity contribution in [2.24, 2.45) is 5.41 Å². The summed E-state index contributed by atoms with van der Waals surface area (Å²) in [4.78, 5) is 0. The maximum absolute atomic E-state index is 8.67. The molecule has 1 unspecified atom stereocenters. The average Bonchev–Trinajstić information content (AvgIpc) is 2.74. The molecule has 1 aromatic heterocycles. The SMILES string of the molecule is CC1(C)CC1Nc1cc(C#N)cnn1. The summed E-state index contributed by atoms with van der Waals surface area (Å²) in [7, 11) is 0. The monoisotopic (exact) mass is 188 g/mol. The Morgan fingerprint density at radius 3 is 2.93 bits per heavy atom. The molecule has 0 bridgehead atoms. The van der Waals surface area contributed by atoms with Crippen LogP contribution in [0.15, 0.2) is 12.3 Å². The lowest BCUT2D eigenvalue weighted by atomic mass is 10.2. The van der Waals surface area contributed by atoms with Crippen molar-refractivity contribution in [1.29, 1.82) is 5.26 Å². The maximum atomic E-state index is 8.67. The fraction of sp³-hybridized carbons (Fsp3) is 0.500. The van der Waals surface area contributed by atoms with Gasteiger partial charge in [-0.05, 0) is 11.8 Å². The Hall–Kier alpha value is -1.63. The molecule has 0 aliphatic heterocycles. The van der Waals surface area contributed by atoms with Gasteiger partial charge >= 0.3 is 0 Å². The molecule has 72 valence electrons. The van der Waals surface area contributed by atoms with E-state index in [0.29, 0.717) is 22.8 Å². The van der Waals surface area contributed by atoms with Crippen LogP contribution >= 0.6 is 0 Å². The molecular formula is C10H12N4. The van der Waals surface area contributed by atoms with Gasteiger partial charge in [0.15, 0.2) is 0 Å². The molecular weight excluding hydrogens is 176 g/mol. The van der Waals surface area contributed by atoms with E-state index in [1.165, 1.54) is 6.20 Å². The molecule has 0 radical (unpaired) electrons. The smallest absolute Gasteiger partial charge is 0.150 e. The number of hydrogen-bond donors (Lipinski definition) is 1. The van der Waals surface area contributed by atoms with E-state index < -0.39 is 0 Å². The predicted octanol–water partition coefficient (Wildman–Crippen LogP) is 1.56. The Kier molecular flexibility index (Phi) is 1.88. The van der Waals surface area contributed by atoms with Gasteiger partial charge in [0.1, 0.15) is 11.9 Å². The minimum Gasteiger partial charge on any atom is -0.365 e. The highest BCUT2D eigenvalue weighted by Gasteiger charge is 2.45. The highest BCUT2D eigenvalue weighted by atomic mass is 15.2. The largest absolute Gasteiger partial charge is 0.365 e. The number of nitrogens with one attached hydrogen (secondary N) is 1. The van der Waals surface area contributed by atoms with Crippen LogP contribution < -0.4 is 5.32 Å². The highest BCUT2D eigenvalue weighted by molar-refractivity contribution is 5.43. The Morgan fingerprint density at radius 1 is 1.64 bits per heavy atom. The predicted molar refractivity (Wildman–Crippen MR) is 52.6 cm³/mol. The van der Waals surface area contributed by atoms with Gasteiger partial charge in [0.05, 0.1) is 11.8 Å². The van der Waals surface area contributed by atoms with Crippen LogP contribution in [0, 0.1) is 16.7 Å². The molecule has 4 heteroatoms. The lowest BCUT2D eigenvalue weighted by Gasteiger charge is -2.05. The van der Waals surface area contributed by atoms with E-state index in [1.54, 1.807) is 6.07 Å². The van der Waals surface area contributed by atoms with Gasteiger partial charge in [-0.2, -0.15) is 10.4 Å². The van der Waals surface area contributed by atoms with Crippen molar-refractivity contribution in [3.63, 3.8) is 0 Å². The van der Waals surface area contributed by atoms with E-state index in [9.17, 15) is 0 Å². The van der Waals surface area contributed by atoms with E-state index in [4.69, 9.17) is 5.26 Å². The zero-order valence-corrected chi connectivity index (χ0v) is 8.28. The topological polar surface area (TPSA) is 61.6 Å². The quantitative estimate of drug-likeness (QED) is 0.765. The van der Waals surface area contributed by atoms with Crippen molar-refractivity contribution in [2.75, 3.05) is 5.32 Å². The van der Waals surface area contributed by atoms with Crippen molar-refractivity contribution >= 4 is 5.82 Å². The summed E-state index contributed by atoms with van der Waals surface area (Å²) < 4.78 is 0. The lowest BCUT2D eigenvalue weighted by molar-refractivity contribution is 0.629. The van der Waals surface area contributed by atoms with Gasteiger partial charge in [-0.25, -0.2) is 0 Å². The van der Waals surface area contributed by atoms with Crippen LogP contribution in [0.3, 0.4) is 0 Å². The molecule has 1 aliphatic rings. The van der Waals surface area contributed by atoms with Crippen LogP contribution in [0.5, 0.6) is 0 Å². The molecule has 1 atom stereocenters. The molecule has 1 fully saturated rings. The number of nitriles is 1. The number of anilines is 1. The molecule has 1 aromatic rings. The zero-order valence-electron chi connectivity index (χ0n) is 8.28. The molecule has 4 nitrogen and oxygen atoms in total. The number of rotatable bonds is 2. The van der Waals surface area contributed by atoms with E-state index in [1.807, 2.05) is 6.07 Å². The lowest BCUT2D eigenvalue weighted by Crippen LogP contribution is -2.10. The van der Waals surface area contributed by atoms with Crippen LogP contribution in [0.1, 0.15) is 25.8 Å². The Morgan fingerprint density at radius 2 is 2.36 bits per heavy atom. The normalized spacial score (nSPS) is 22.5. The van der Waals surface area contributed by atoms with Gasteiger partial charge in [-0.1, -0.05) is 13.8 Å². The van der Waals surface area contributed by atoms with Crippen molar-refractivity contribution < 1.29 is 0 Å². The number of aromatic nitrogens is 2. The summed E-state index contributed by atoms with van der Waals surface area (Å²) in [5, 5.41) is 19.6. The summed E-state index contributed by atoms with van der Waals surface area (Å²) in [5.74, 6) is 0.694. The van der Waals surface area contributed by atoms with Gasteiger partial charge in [0.25, 0.3) is 0 Å². The van der Waals surface area contributed by atoms with Gasteiger partial charge in [-0.3, -0.25) is 0 Å². The number of nitrogens with zero attached hydrogens (tertiary/aromatic N) is 3. The second-order valence-electron chi connectivity index (χ2n) is 4.33. The van der Waals surface area contributed by atoms with Gasteiger partial charge < -0.3 is 5.32 Å². The molecule has 0 amide bonds. The first-order valence-corrected chi connectivity index (χ1v) is 4.61. The van der Waals surface area contributed by atoms with Crippen molar-refractivity contribution in [3.8, 4) is 6.07 Å². The summed E-state index contributed by atoms with van der Waals surface area (Å²) in [6, 6.07) is 4.23. The first-order valence-electron chi connectivity index (χ1n) is 4.61. The first-order chi connectivity index (χ1) is 6.62. The Bertz CT molecular complexity index is 391. The third kappa shape index (κ3) is 1.67. The summed E-state index contributed by atoms with van der Waals surface area (Å²) in [6.45, 7) is 4.40. The second kappa shape index (κ2) is 2.95. The highest BCUT2D eigenvalue weighted by Crippen LogP contribution is 2.46. The second-order valence-corrected chi connectivity index (χ2v) is 4.33. The molecule has 1 saturated carbocycles. The minimum absolute atomic E-state index is 0.352. The van der Waals surface area contributed by atoms with E-state index in [2.05, 4.69) is 29.4 Å². The molecule has 0 spiro atoms. The minimum atomic E-state index is 0.352. The molecule has 1 aliphatic carbocycles. The van der Waals surface area contributed by atoms with E-state index in [0.717, 1.165) is 6.42 Å². The van der Waals surface area contributed by atoms with Gasteiger partial charge in [0.2, 0.25) is 0 Å². The van der Waals surface area contributed by atoms with Crippen LogP contribution in [-0.4, -0.2) is 16.2 Å². The van der Waals surface area contributed by atoms with Crippen LogP contribution in [0.25, 0.3) is 0 Å². The summed E-state index contributed by atoms with van der Waals surface area (Å²) in [5.41, 5.74) is 0.894. The van der Waals surface area contributed by atoms with Crippen molar-refractivity contribution in [1.82, 2.24) is 10.2 Å². The third-order valence-corrected chi connectivity index (χ3v) is 2.62. The van der Waals surface area contributed by atoms with E-state index >= 15 is 0 Å². The van der Waals surface area contributed by atoms with E-state index in [-0.39, 0.29) is 0 Å². The average molecular weight is 188 g/mol. The summed E-state index contributed by atoms with van der Waals surface area (Å²) >= 11 is 0. The van der Waals surface area contributed by atoms with Crippen LogP contribution in [-0.2, 0) is 0 Å². The Balaban J connectivity index is 2.08. The number of hydrogen-bond acceptors (Lipinski definition) is 4. The fourth-order valence-electron chi connectivity index (χ4n) is 1.39. The molecule has 1 N–H and O–H groups in total. The summed E-state index contributed by atoms with van der Waals surface area (Å²) in [6.07, 6.45) is 2.61. The van der Waals surface area contributed by atoms with Crippen molar-refractivity contribution in [2.45, 2.75) is 26.3 Å². The van der Waals surface area contributed by atoms with Gasteiger partial charge in [-0.15, -0.1) is 5.10 Å². The molecule has 14 heavy (non-hydrogen) atoms. The fourth-order valence-corrected chi connectivity index (χ4v) is 1.39. The first kappa shape index (κ1) is 8.95. The maximum Gasteiger partial charge on any atom is 0.150 e. The van der Waals surface area contributed by atoms with Gasteiger partial charge in [0, 0.05) is 12.1 Å². The van der Waals surface area contributed by atoms with Crippen molar-refractivity contribution in [3.05, 3.63) is 17.8 Å².